The van der Waals surface area contributed by atoms with Crippen LogP contribution in [0.3, 0.4) is 0 Å². The van der Waals surface area contributed by atoms with E-state index in [1.165, 1.54) is 0 Å². The van der Waals surface area contributed by atoms with Gasteiger partial charge in [0.05, 0.1) is 12.5 Å². The van der Waals surface area contributed by atoms with Gasteiger partial charge < -0.3 is 9.64 Å². The summed E-state index contributed by atoms with van der Waals surface area (Å²) >= 11 is 0. The minimum atomic E-state index is -0.101. The first kappa shape index (κ1) is 13.4. The van der Waals surface area contributed by atoms with Gasteiger partial charge in [-0.2, -0.15) is 0 Å². The lowest BCUT2D eigenvalue weighted by atomic mass is 9.96. The van der Waals surface area contributed by atoms with E-state index < -0.39 is 0 Å². The van der Waals surface area contributed by atoms with E-state index in [4.69, 9.17) is 4.74 Å². The van der Waals surface area contributed by atoms with Crippen LogP contribution in [0.2, 0.25) is 0 Å². The van der Waals surface area contributed by atoms with Gasteiger partial charge >= 0.3 is 5.97 Å². The van der Waals surface area contributed by atoms with Crippen molar-refractivity contribution in [2.45, 2.75) is 40.0 Å². The zero-order chi connectivity index (χ0) is 13.3. The number of hydrogen-bond donors (Lipinski definition) is 0. The van der Waals surface area contributed by atoms with Crippen LogP contribution in [0.15, 0.2) is 0 Å². The maximum Gasteiger partial charge on any atom is 0.309 e. The van der Waals surface area contributed by atoms with Crippen LogP contribution in [0.5, 0.6) is 0 Å². The maximum atomic E-state index is 12.2. The second-order valence-corrected chi connectivity index (χ2v) is 6.10. The molecule has 0 aromatic carbocycles. The third-order valence-corrected chi connectivity index (χ3v) is 4.24. The second kappa shape index (κ2) is 4.90. The highest BCUT2D eigenvalue weighted by molar-refractivity contribution is 5.83. The zero-order valence-electron chi connectivity index (χ0n) is 11.6. The van der Waals surface area contributed by atoms with Gasteiger partial charge in [0.1, 0.15) is 0 Å². The summed E-state index contributed by atoms with van der Waals surface area (Å²) in [7, 11) is 0. The summed E-state index contributed by atoms with van der Waals surface area (Å²) in [5.41, 5.74) is 0.190. The summed E-state index contributed by atoms with van der Waals surface area (Å²) in [6.07, 6.45) is 2.50. The Labute approximate surface area is 109 Å². The predicted octanol–water partition coefficient (Wildman–Crippen LogP) is 1.83. The Balaban J connectivity index is 1.80. The van der Waals surface area contributed by atoms with Crippen molar-refractivity contribution in [1.29, 1.82) is 0 Å². The molecule has 1 aliphatic heterocycles. The zero-order valence-corrected chi connectivity index (χ0v) is 11.6. The first-order chi connectivity index (χ1) is 8.45. The van der Waals surface area contributed by atoms with Gasteiger partial charge in [0.15, 0.2) is 0 Å². The number of carbonyl (C=O) groups is 2. The first-order valence-corrected chi connectivity index (χ1v) is 6.91. The number of piperidine rings is 1. The van der Waals surface area contributed by atoms with Crippen molar-refractivity contribution in [2.24, 2.45) is 17.3 Å². The van der Waals surface area contributed by atoms with E-state index in [9.17, 15) is 9.59 Å². The second-order valence-electron chi connectivity index (χ2n) is 6.10. The molecule has 0 bridgehead atoms. The van der Waals surface area contributed by atoms with Gasteiger partial charge in [0.2, 0.25) is 5.91 Å². The molecule has 0 aromatic rings. The molecule has 1 unspecified atom stereocenters. The molecule has 2 fully saturated rings. The fourth-order valence-electron chi connectivity index (χ4n) is 2.70. The van der Waals surface area contributed by atoms with Gasteiger partial charge in [-0.05, 0) is 31.6 Å². The number of nitrogens with zero attached hydrogens (tertiary/aromatic N) is 1. The molecule has 102 valence electrons. The van der Waals surface area contributed by atoms with Crippen LogP contribution in [-0.4, -0.2) is 36.5 Å². The van der Waals surface area contributed by atoms with E-state index in [2.05, 4.69) is 13.8 Å². The Morgan fingerprint density at radius 2 is 1.83 bits per heavy atom. The molecule has 0 radical (unpaired) electrons. The van der Waals surface area contributed by atoms with Crippen molar-refractivity contribution in [3.05, 3.63) is 0 Å². The van der Waals surface area contributed by atoms with Gasteiger partial charge in [-0.3, -0.25) is 9.59 Å². The number of carbonyl (C=O) groups excluding carboxylic acids is 2. The molecular weight excluding hydrogens is 230 g/mol. The van der Waals surface area contributed by atoms with Gasteiger partial charge in [0, 0.05) is 19.0 Å². The normalized spacial score (nSPS) is 26.8. The SMILES string of the molecule is CCOC(=O)C1CCN(C(=O)C2CC2(C)C)CC1. The summed E-state index contributed by atoms with van der Waals surface area (Å²) < 4.78 is 5.03. The fraction of sp³-hybridized carbons (Fsp3) is 0.857. The highest BCUT2D eigenvalue weighted by atomic mass is 16.5. The highest BCUT2D eigenvalue weighted by Crippen LogP contribution is 2.52. The Morgan fingerprint density at radius 3 is 2.28 bits per heavy atom. The molecule has 0 aromatic heterocycles. The van der Waals surface area contributed by atoms with Crippen LogP contribution in [0.1, 0.15) is 40.0 Å². The minimum absolute atomic E-state index is 0.0128. The lowest BCUT2D eigenvalue weighted by Gasteiger charge is -2.31. The maximum absolute atomic E-state index is 12.2. The molecule has 1 saturated carbocycles. The Kier molecular flexibility index (Phi) is 3.64. The Bertz CT molecular complexity index is 343. The number of esters is 1. The molecular formula is C14H23NO3. The molecule has 1 atom stereocenters. The number of amides is 1. The molecule has 0 N–H and O–H groups in total. The molecule has 4 nitrogen and oxygen atoms in total. The third kappa shape index (κ3) is 2.68. The number of likely N-dealkylation sites (tertiary alicyclic amines) is 1. The van der Waals surface area contributed by atoms with Crippen LogP contribution >= 0.6 is 0 Å². The number of hydrogen-bond acceptors (Lipinski definition) is 3. The van der Waals surface area contributed by atoms with Crippen molar-refractivity contribution in [2.75, 3.05) is 19.7 Å². The molecule has 0 spiro atoms. The van der Waals surface area contributed by atoms with E-state index >= 15 is 0 Å². The summed E-state index contributed by atoms with van der Waals surface area (Å²) in [6, 6.07) is 0. The van der Waals surface area contributed by atoms with Crippen molar-refractivity contribution >= 4 is 11.9 Å². The van der Waals surface area contributed by atoms with Gasteiger partial charge in [-0.25, -0.2) is 0 Å². The van der Waals surface area contributed by atoms with Crippen LogP contribution in [0.25, 0.3) is 0 Å². The smallest absolute Gasteiger partial charge is 0.309 e. The van der Waals surface area contributed by atoms with E-state index in [1.807, 2.05) is 11.8 Å². The summed E-state index contributed by atoms with van der Waals surface area (Å²) in [5, 5.41) is 0. The van der Waals surface area contributed by atoms with Gasteiger partial charge in [-0.15, -0.1) is 0 Å². The van der Waals surface area contributed by atoms with Crippen LogP contribution in [0, 0.1) is 17.3 Å². The van der Waals surface area contributed by atoms with Crippen LogP contribution in [0.4, 0.5) is 0 Å². The average molecular weight is 253 g/mol. The Hall–Kier alpha value is -1.06. The predicted molar refractivity (Wildman–Crippen MR) is 67.8 cm³/mol. The van der Waals surface area contributed by atoms with E-state index in [-0.39, 0.29) is 29.1 Å². The lowest BCUT2D eigenvalue weighted by Crippen LogP contribution is -2.41. The molecule has 1 amide bonds. The van der Waals surface area contributed by atoms with Crippen LogP contribution in [-0.2, 0) is 14.3 Å². The highest BCUT2D eigenvalue weighted by Gasteiger charge is 2.52. The monoisotopic (exact) mass is 253 g/mol. The minimum Gasteiger partial charge on any atom is -0.466 e. The quantitative estimate of drug-likeness (QED) is 0.721. The molecule has 18 heavy (non-hydrogen) atoms. The lowest BCUT2D eigenvalue weighted by molar-refractivity contribution is -0.151. The van der Waals surface area contributed by atoms with Gasteiger partial charge in [-0.1, -0.05) is 13.8 Å². The molecule has 1 heterocycles. The fourth-order valence-corrected chi connectivity index (χ4v) is 2.70. The molecule has 4 heteroatoms. The summed E-state index contributed by atoms with van der Waals surface area (Å²) in [4.78, 5) is 25.7. The topological polar surface area (TPSA) is 46.6 Å². The molecule has 2 aliphatic rings. The Morgan fingerprint density at radius 1 is 1.28 bits per heavy atom. The first-order valence-electron chi connectivity index (χ1n) is 6.91. The van der Waals surface area contributed by atoms with Crippen molar-refractivity contribution in [3.63, 3.8) is 0 Å². The van der Waals surface area contributed by atoms with Crippen LogP contribution < -0.4 is 0 Å². The van der Waals surface area contributed by atoms with Gasteiger partial charge in [0.25, 0.3) is 0 Å². The molecule has 2 rings (SSSR count). The number of ether oxygens (including phenoxy) is 1. The third-order valence-electron chi connectivity index (χ3n) is 4.24. The summed E-state index contributed by atoms with van der Waals surface area (Å²) in [5.74, 6) is 0.372. The number of rotatable bonds is 3. The standard InChI is InChI=1S/C14H23NO3/c1-4-18-13(17)10-5-7-15(8-6-10)12(16)11-9-14(11,2)3/h10-11H,4-9H2,1-3H3. The molecule has 1 aliphatic carbocycles. The average Bonchev–Trinajstić information content (AvgIpc) is 2.98. The van der Waals surface area contributed by atoms with Crippen molar-refractivity contribution in [1.82, 2.24) is 4.90 Å². The van der Waals surface area contributed by atoms with E-state index in [1.54, 1.807) is 0 Å². The molecule has 1 saturated heterocycles. The van der Waals surface area contributed by atoms with Crippen molar-refractivity contribution in [3.8, 4) is 0 Å². The largest absolute Gasteiger partial charge is 0.466 e. The van der Waals surface area contributed by atoms with E-state index in [0.717, 1.165) is 19.3 Å². The summed E-state index contributed by atoms with van der Waals surface area (Å²) in [6.45, 7) is 7.95. The van der Waals surface area contributed by atoms with Crippen molar-refractivity contribution < 1.29 is 14.3 Å². The van der Waals surface area contributed by atoms with E-state index in [0.29, 0.717) is 19.7 Å².